The number of aromatic nitrogens is 1. The molecule has 2 aromatic rings. The first-order chi connectivity index (χ1) is 10.1. The van der Waals surface area contributed by atoms with E-state index in [1.807, 2.05) is 12.1 Å². The van der Waals surface area contributed by atoms with Gasteiger partial charge in [-0.3, -0.25) is 4.98 Å². The molecule has 0 unspecified atom stereocenters. The molecule has 0 spiro atoms. The topological polar surface area (TPSA) is 59.4 Å². The van der Waals surface area contributed by atoms with Crippen molar-refractivity contribution in [3.63, 3.8) is 0 Å². The summed E-state index contributed by atoms with van der Waals surface area (Å²) in [6.07, 6.45) is 6.74. The van der Waals surface area contributed by atoms with Crippen LogP contribution in [0.5, 0.6) is 5.75 Å². The quantitative estimate of drug-likeness (QED) is 0.830. The Balaban J connectivity index is 2.03. The number of rotatable bonds is 6. The number of pyridine rings is 1. The summed E-state index contributed by atoms with van der Waals surface area (Å²) in [6.45, 7) is 0.486. The highest BCUT2D eigenvalue weighted by atomic mass is 35.5. The predicted octanol–water partition coefficient (Wildman–Crippen LogP) is 3.45. The van der Waals surface area contributed by atoms with Crippen LogP contribution < -0.4 is 4.74 Å². The molecule has 0 fully saturated rings. The predicted molar refractivity (Wildman–Crippen MR) is 81.6 cm³/mol. The Hall–Kier alpha value is -2.33. The summed E-state index contributed by atoms with van der Waals surface area (Å²) in [4.78, 5) is 14.6. The summed E-state index contributed by atoms with van der Waals surface area (Å²) >= 11 is 5.92. The monoisotopic (exact) mass is 303 g/mol. The van der Waals surface area contributed by atoms with Gasteiger partial charge in [0.2, 0.25) is 0 Å². The van der Waals surface area contributed by atoms with Gasteiger partial charge in [-0.05, 0) is 42.0 Å². The van der Waals surface area contributed by atoms with E-state index >= 15 is 0 Å². The Morgan fingerprint density at radius 1 is 1.29 bits per heavy atom. The summed E-state index contributed by atoms with van der Waals surface area (Å²) in [5, 5.41) is 9.22. The Bertz CT molecular complexity index is 641. The van der Waals surface area contributed by atoms with Crippen molar-refractivity contribution in [3.8, 4) is 5.75 Å². The van der Waals surface area contributed by atoms with Crippen LogP contribution in [0.2, 0.25) is 5.02 Å². The van der Waals surface area contributed by atoms with Crippen molar-refractivity contribution >= 4 is 23.6 Å². The number of carbonyl (C=O) groups is 1. The van der Waals surface area contributed by atoms with Gasteiger partial charge in [-0.25, -0.2) is 4.79 Å². The molecule has 2 rings (SSSR count). The van der Waals surface area contributed by atoms with Crippen molar-refractivity contribution in [2.75, 3.05) is 6.61 Å². The second kappa shape index (κ2) is 7.45. The van der Waals surface area contributed by atoms with Gasteiger partial charge in [0.25, 0.3) is 0 Å². The molecule has 0 atom stereocenters. The van der Waals surface area contributed by atoms with Crippen molar-refractivity contribution in [1.82, 2.24) is 4.98 Å². The van der Waals surface area contributed by atoms with E-state index < -0.39 is 5.97 Å². The van der Waals surface area contributed by atoms with Crippen LogP contribution in [-0.4, -0.2) is 22.7 Å². The Morgan fingerprint density at radius 2 is 2.05 bits per heavy atom. The van der Waals surface area contributed by atoms with E-state index in [9.17, 15) is 4.79 Å². The molecule has 1 N–H and O–H groups in total. The highest BCUT2D eigenvalue weighted by molar-refractivity contribution is 6.30. The molecule has 21 heavy (non-hydrogen) atoms. The zero-order valence-electron chi connectivity index (χ0n) is 11.2. The number of benzene rings is 1. The molecular formula is C16H14ClNO3. The third kappa shape index (κ3) is 4.93. The first-order valence-corrected chi connectivity index (χ1v) is 6.75. The fourth-order valence-electron chi connectivity index (χ4n) is 1.77. The SMILES string of the molecule is O=C(O)/C=C/c1cc(Cl)ccc1OCCc1ccncc1. The average molecular weight is 304 g/mol. The standard InChI is InChI=1S/C16H14ClNO3/c17-14-2-3-15(13(11-14)1-4-16(19)20)21-10-7-12-5-8-18-9-6-12/h1-6,8-9,11H,7,10H2,(H,19,20)/b4-1+. The summed E-state index contributed by atoms with van der Waals surface area (Å²) < 4.78 is 5.71. The average Bonchev–Trinajstić information content (AvgIpc) is 2.48. The van der Waals surface area contributed by atoms with Crippen molar-refractivity contribution in [1.29, 1.82) is 0 Å². The van der Waals surface area contributed by atoms with Gasteiger partial charge in [0, 0.05) is 35.5 Å². The van der Waals surface area contributed by atoms with Gasteiger partial charge >= 0.3 is 5.97 Å². The maximum atomic E-state index is 10.6. The number of halogens is 1. The molecule has 0 aliphatic carbocycles. The molecule has 0 amide bonds. The molecule has 4 nitrogen and oxygen atoms in total. The van der Waals surface area contributed by atoms with Gasteiger partial charge in [0.15, 0.2) is 0 Å². The highest BCUT2D eigenvalue weighted by Crippen LogP contribution is 2.24. The van der Waals surface area contributed by atoms with Crippen LogP contribution in [-0.2, 0) is 11.2 Å². The van der Waals surface area contributed by atoms with Crippen LogP contribution in [0.4, 0.5) is 0 Å². The number of ether oxygens (including phenoxy) is 1. The van der Waals surface area contributed by atoms with E-state index in [-0.39, 0.29) is 0 Å². The van der Waals surface area contributed by atoms with Crippen LogP contribution in [0.15, 0.2) is 48.8 Å². The van der Waals surface area contributed by atoms with E-state index in [0.29, 0.717) is 22.9 Å². The van der Waals surface area contributed by atoms with Crippen LogP contribution in [0.3, 0.4) is 0 Å². The van der Waals surface area contributed by atoms with E-state index in [1.165, 1.54) is 6.08 Å². The van der Waals surface area contributed by atoms with E-state index in [0.717, 1.165) is 18.1 Å². The normalized spacial score (nSPS) is 10.7. The summed E-state index contributed by atoms with van der Waals surface area (Å²) in [6, 6.07) is 8.97. The minimum atomic E-state index is -1.02. The molecule has 0 saturated carbocycles. The molecule has 0 aliphatic heterocycles. The first-order valence-electron chi connectivity index (χ1n) is 6.37. The number of carboxylic acid groups (broad SMARTS) is 1. The summed E-state index contributed by atoms with van der Waals surface area (Å²) in [5.74, 6) is -0.413. The van der Waals surface area contributed by atoms with Crippen LogP contribution >= 0.6 is 11.6 Å². The largest absolute Gasteiger partial charge is 0.493 e. The van der Waals surface area contributed by atoms with E-state index in [4.69, 9.17) is 21.4 Å². The molecule has 0 bridgehead atoms. The molecule has 1 heterocycles. The summed E-state index contributed by atoms with van der Waals surface area (Å²) in [5.41, 5.74) is 1.77. The van der Waals surface area contributed by atoms with E-state index in [1.54, 1.807) is 30.6 Å². The van der Waals surface area contributed by atoms with Crippen molar-refractivity contribution < 1.29 is 14.6 Å². The zero-order valence-corrected chi connectivity index (χ0v) is 12.0. The minimum Gasteiger partial charge on any atom is -0.493 e. The molecule has 0 saturated heterocycles. The lowest BCUT2D eigenvalue weighted by molar-refractivity contribution is -0.131. The van der Waals surface area contributed by atoms with Crippen molar-refractivity contribution in [2.45, 2.75) is 6.42 Å². The van der Waals surface area contributed by atoms with Crippen LogP contribution in [0.1, 0.15) is 11.1 Å². The molecule has 1 aromatic heterocycles. The van der Waals surface area contributed by atoms with Crippen molar-refractivity contribution in [3.05, 3.63) is 65.0 Å². The van der Waals surface area contributed by atoms with E-state index in [2.05, 4.69) is 4.98 Å². The molecule has 108 valence electrons. The lowest BCUT2D eigenvalue weighted by Gasteiger charge is -2.09. The molecule has 0 aliphatic rings. The molecule has 5 heteroatoms. The second-order valence-corrected chi connectivity index (χ2v) is 4.74. The maximum absolute atomic E-state index is 10.6. The van der Waals surface area contributed by atoms with Crippen molar-refractivity contribution in [2.24, 2.45) is 0 Å². The number of hydrogen-bond donors (Lipinski definition) is 1. The number of carboxylic acids is 1. The number of nitrogens with zero attached hydrogens (tertiary/aromatic N) is 1. The molecule has 1 aromatic carbocycles. The van der Waals surface area contributed by atoms with Gasteiger partial charge in [0.1, 0.15) is 5.75 Å². The molecule has 0 radical (unpaired) electrons. The van der Waals surface area contributed by atoms with Gasteiger partial charge in [0.05, 0.1) is 6.61 Å². The van der Waals surface area contributed by atoms with Gasteiger partial charge < -0.3 is 9.84 Å². The lowest BCUT2D eigenvalue weighted by atomic mass is 10.2. The van der Waals surface area contributed by atoms with Crippen LogP contribution in [0.25, 0.3) is 6.08 Å². The van der Waals surface area contributed by atoms with Gasteiger partial charge in [-0.15, -0.1) is 0 Å². The fourth-order valence-corrected chi connectivity index (χ4v) is 1.95. The molecular weight excluding hydrogens is 290 g/mol. The van der Waals surface area contributed by atoms with Gasteiger partial charge in [-0.2, -0.15) is 0 Å². The minimum absolute atomic E-state index is 0.486. The first kappa shape index (κ1) is 15.1. The second-order valence-electron chi connectivity index (χ2n) is 4.31. The number of aliphatic carboxylic acids is 1. The maximum Gasteiger partial charge on any atom is 0.328 e. The third-order valence-corrected chi connectivity index (χ3v) is 3.01. The van der Waals surface area contributed by atoms with Crippen LogP contribution in [0, 0.1) is 0 Å². The lowest BCUT2D eigenvalue weighted by Crippen LogP contribution is -2.02. The Morgan fingerprint density at radius 3 is 2.76 bits per heavy atom. The van der Waals surface area contributed by atoms with Gasteiger partial charge in [-0.1, -0.05) is 11.6 Å². The Labute approximate surface area is 127 Å². The zero-order chi connectivity index (χ0) is 15.1. The smallest absolute Gasteiger partial charge is 0.328 e. The highest BCUT2D eigenvalue weighted by Gasteiger charge is 2.03. The summed E-state index contributed by atoms with van der Waals surface area (Å²) in [7, 11) is 0. The number of hydrogen-bond acceptors (Lipinski definition) is 3. The third-order valence-electron chi connectivity index (χ3n) is 2.77. The Kier molecular flexibility index (Phi) is 5.35. The fraction of sp³-hybridized carbons (Fsp3) is 0.125.